The predicted molar refractivity (Wildman–Crippen MR) is 86.8 cm³/mol. The summed E-state index contributed by atoms with van der Waals surface area (Å²) in [5, 5.41) is 5.88. The van der Waals surface area contributed by atoms with E-state index in [1.807, 2.05) is 40.0 Å². The Balaban J connectivity index is 2.86. The molecule has 5 nitrogen and oxygen atoms in total. The van der Waals surface area contributed by atoms with Gasteiger partial charge in [0.1, 0.15) is 0 Å². The lowest BCUT2D eigenvalue weighted by Gasteiger charge is -2.16. The first-order valence-corrected chi connectivity index (χ1v) is 7.79. The van der Waals surface area contributed by atoms with Crippen molar-refractivity contribution < 1.29 is 14.3 Å². The molecule has 0 radical (unpaired) electrons. The van der Waals surface area contributed by atoms with Crippen molar-refractivity contribution in [3.05, 3.63) is 22.2 Å². The fourth-order valence-electron chi connectivity index (χ4n) is 1.83. The maximum absolute atomic E-state index is 11.7. The highest BCUT2D eigenvalue weighted by molar-refractivity contribution is 9.10. The van der Waals surface area contributed by atoms with Crippen LogP contribution in [-0.2, 0) is 11.3 Å². The van der Waals surface area contributed by atoms with E-state index >= 15 is 0 Å². The van der Waals surface area contributed by atoms with Gasteiger partial charge >= 0.3 is 0 Å². The van der Waals surface area contributed by atoms with E-state index in [9.17, 15) is 4.79 Å². The monoisotopic (exact) mass is 358 g/mol. The summed E-state index contributed by atoms with van der Waals surface area (Å²) >= 11 is 3.47. The number of hydrogen-bond acceptors (Lipinski definition) is 4. The molecule has 0 aromatic heterocycles. The van der Waals surface area contributed by atoms with Gasteiger partial charge in [-0.3, -0.25) is 4.79 Å². The van der Waals surface area contributed by atoms with Crippen LogP contribution in [0.3, 0.4) is 0 Å². The summed E-state index contributed by atoms with van der Waals surface area (Å²) in [4.78, 5) is 11.7. The topological polar surface area (TPSA) is 59.6 Å². The zero-order valence-corrected chi connectivity index (χ0v) is 14.5. The molecule has 0 heterocycles. The number of rotatable bonds is 8. The molecular weight excluding hydrogens is 336 g/mol. The SMILES string of the molecule is CCOc1cc(CNC)cc(Br)c1OCC(=O)NC(C)C. The smallest absolute Gasteiger partial charge is 0.258 e. The van der Waals surface area contributed by atoms with Crippen LogP contribution in [0, 0.1) is 0 Å². The van der Waals surface area contributed by atoms with Gasteiger partial charge in [-0.05, 0) is 61.4 Å². The first-order chi connectivity index (χ1) is 9.97. The molecule has 0 fully saturated rings. The van der Waals surface area contributed by atoms with Crippen LogP contribution in [-0.4, -0.2) is 32.2 Å². The van der Waals surface area contributed by atoms with E-state index in [0.717, 1.165) is 16.6 Å². The fourth-order valence-corrected chi connectivity index (χ4v) is 2.44. The van der Waals surface area contributed by atoms with Gasteiger partial charge in [0.15, 0.2) is 18.1 Å². The Hall–Kier alpha value is -1.27. The van der Waals surface area contributed by atoms with Gasteiger partial charge in [-0.2, -0.15) is 0 Å². The lowest BCUT2D eigenvalue weighted by Crippen LogP contribution is -2.34. The van der Waals surface area contributed by atoms with Crippen molar-refractivity contribution in [1.82, 2.24) is 10.6 Å². The number of hydrogen-bond donors (Lipinski definition) is 2. The minimum Gasteiger partial charge on any atom is -0.490 e. The average Bonchev–Trinajstić information content (AvgIpc) is 2.37. The van der Waals surface area contributed by atoms with E-state index in [1.54, 1.807) is 0 Å². The van der Waals surface area contributed by atoms with Gasteiger partial charge in [-0.1, -0.05) is 0 Å². The van der Waals surface area contributed by atoms with E-state index in [2.05, 4.69) is 26.6 Å². The lowest BCUT2D eigenvalue weighted by molar-refractivity contribution is -0.123. The maximum atomic E-state index is 11.7. The number of nitrogens with one attached hydrogen (secondary N) is 2. The molecule has 0 aliphatic carbocycles. The van der Waals surface area contributed by atoms with Gasteiger partial charge in [0.2, 0.25) is 0 Å². The van der Waals surface area contributed by atoms with Crippen LogP contribution < -0.4 is 20.1 Å². The van der Waals surface area contributed by atoms with Crippen LogP contribution >= 0.6 is 15.9 Å². The molecule has 0 saturated heterocycles. The first kappa shape index (κ1) is 17.8. The number of amides is 1. The molecule has 6 heteroatoms. The van der Waals surface area contributed by atoms with E-state index in [0.29, 0.717) is 18.1 Å². The Kier molecular flexibility index (Phi) is 7.53. The highest BCUT2D eigenvalue weighted by Crippen LogP contribution is 2.36. The van der Waals surface area contributed by atoms with Gasteiger partial charge < -0.3 is 20.1 Å². The normalized spacial score (nSPS) is 10.6. The highest BCUT2D eigenvalue weighted by Gasteiger charge is 2.14. The Bertz CT molecular complexity index is 478. The zero-order valence-electron chi connectivity index (χ0n) is 13.0. The summed E-state index contributed by atoms with van der Waals surface area (Å²) in [7, 11) is 1.88. The molecule has 0 spiro atoms. The van der Waals surface area contributed by atoms with E-state index in [4.69, 9.17) is 9.47 Å². The molecule has 0 atom stereocenters. The van der Waals surface area contributed by atoms with Crippen molar-refractivity contribution in [3.8, 4) is 11.5 Å². The number of carbonyl (C=O) groups excluding carboxylic acids is 1. The quantitative estimate of drug-likeness (QED) is 0.749. The van der Waals surface area contributed by atoms with Crippen molar-refractivity contribution in [2.75, 3.05) is 20.3 Å². The molecule has 0 unspecified atom stereocenters. The Morgan fingerprint density at radius 3 is 2.62 bits per heavy atom. The largest absolute Gasteiger partial charge is 0.490 e. The van der Waals surface area contributed by atoms with Crippen molar-refractivity contribution in [1.29, 1.82) is 0 Å². The fraction of sp³-hybridized carbons (Fsp3) is 0.533. The van der Waals surface area contributed by atoms with Crippen LogP contribution in [0.5, 0.6) is 11.5 Å². The minimum atomic E-state index is -0.154. The van der Waals surface area contributed by atoms with Crippen LogP contribution in [0.4, 0.5) is 0 Å². The summed E-state index contributed by atoms with van der Waals surface area (Å²) in [6.45, 7) is 6.95. The second kappa shape index (κ2) is 8.89. The summed E-state index contributed by atoms with van der Waals surface area (Å²) in [6.07, 6.45) is 0. The average molecular weight is 359 g/mol. The van der Waals surface area contributed by atoms with Gasteiger partial charge in [0.25, 0.3) is 5.91 Å². The first-order valence-electron chi connectivity index (χ1n) is 6.99. The van der Waals surface area contributed by atoms with Gasteiger partial charge in [-0.25, -0.2) is 0 Å². The van der Waals surface area contributed by atoms with Crippen LogP contribution in [0.2, 0.25) is 0 Å². The second-order valence-corrected chi connectivity index (χ2v) is 5.73. The maximum Gasteiger partial charge on any atom is 0.258 e. The molecule has 118 valence electrons. The molecule has 21 heavy (non-hydrogen) atoms. The highest BCUT2D eigenvalue weighted by atomic mass is 79.9. The van der Waals surface area contributed by atoms with Crippen molar-refractivity contribution in [2.24, 2.45) is 0 Å². The number of halogens is 1. The summed E-state index contributed by atoms with van der Waals surface area (Å²) in [6, 6.07) is 3.96. The molecule has 2 N–H and O–H groups in total. The van der Waals surface area contributed by atoms with Gasteiger partial charge in [0, 0.05) is 12.6 Å². The second-order valence-electron chi connectivity index (χ2n) is 4.88. The van der Waals surface area contributed by atoms with Crippen LogP contribution in [0.1, 0.15) is 26.3 Å². The lowest BCUT2D eigenvalue weighted by atomic mass is 10.2. The van der Waals surface area contributed by atoms with E-state index in [1.165, 1.54) is 0 Å². The third-order valence-electron chi connectivity index (χ3n) is 2.55. The number of benzene rings is 1. The third kappa shape index (κ3) is 5.93. The number of carbonyl (C=O) groups is 1. The summed E-state index contributed by atoms with van der Waals surface area (Å²) in [5.74, 6) is 1.03. The Labute approximate surface area is 134 Å². The van der Waals surface area contributed by atoms with Crippen molar-refractivity contribution >= 4 is 21.8 Å². The molecule has 0 aliphatic heterocycles. The van der Waals surface area contributed by atoms with Crippen LogP contribution in [0.25, 0.3) is 0 Å². The molecule has 0 aliphatic rings. The van der Waals surface area contributed by atoms with Gasteiger partial charge in [-0.15, -0.1) is 0 Å². The molecule has 1 rings (SSSR count). The molecule has 1 amide bonds. The van der Waals surface area contributed by atoms with Crippen molar-refractivity contribution in [3.63, 3.8) is 0 Å². The molecule has 0 saturated carbocycles. The summed E-state index contributed by atoms with van der Waals surface area (Å²) in [5.41, 5.74) is 1.08. The van der Waals surface area contributed by atoms with E-state index in [-0.39, 0.29) is 18.6 Å². The predicted octanol–water partition coefficient (Wildman–Crippen LogP) is 2.47. The number of ether oxygens (including phenoxy) is 2. The zero-order chi connectivity index (χ0) is 15.8. The third-order valence-corrected chi connectivity index (χ3v) is 3.14. The summed E-state index contributed by atoms with van der Waals surface area (Å²) < 4.78 is 12.0. The minimum absolute atomic E-state index is 0.0395. The molecule has 1 aromatic rings. The van der Waals surface area contributed by atoms with Crippen LogP contribution in [0.15, 0.2) is 16.6 Å². The Morgan fingerprint density at radius 2 is 2.05 bits per heavy atom. The van der Waals surface area contributed by atoms with E-state index < -0.39 is 0 Å². The standard InChI is InChI=1S/C15H23BrN2O3/c1-5-20-13-7-11(8-17-4)6-12(16)15(13)21-9-14(19)18-10(2)3/h6-7,10,17H,5,8-9H2,1-4H3,(H,18,19). The molecule has 0 bridgehead atoms. The molecular formula is C15H23BrN2O3. The molecule has 1 aromatic carbocycles. The van der Waals surface area contributed by atoms with Gasteiger partial charge in [0.05, 0.1) is 11.1 Å². The Morgan fingerprint density at radius 1 is 1.33 bits per heavy atom. The van der Waals surface area contributed by atoms with Crippen molar-refractivity contribution in [2.45, 2.75) is 33.4 Å².